The van der Waals surface area contributed by atoms with E-state index in [-0.39, 0.29) is 17.9 Å². The lowest BCUT2D eigenvalue weighted by Crippen LogP contribution is -2.34. The molecule has 3 nitrogen and oxygen atoms in total. The smallest absolute Gasteiger partial charge is 0.252 e. The van der Waals surface area contributed by atoms with Crippen molar-refractivity contribution in [1.29, 1.82) is 0 Å². The van der Waals surface area contributed by atoms with Crippen LogP contribution < -0.4 is 5.32 Å². The van der Waals surface area contributed by atoms with Gasteiger partial charge in [0.15, 0.2) is 0 Å². The van der Waals surface area contributed by atoms with Gasteiger partial charge in [0.2, 0.25) is 0 Å². The molecule has 0 radical (unpaired) electrons. The summed E-state index contributed by atoms with van der Waals surface area (Å²) in [7, 11) is 0. The average molecular weight is 346 g/mol. The molecule has 5 heteroatoms. The molecule has 1 amide bonds. The number of thiol groups is 1. The van der Waals surface area contributed by atoms with E-state index < -0.39 is 0 Å². The Balaban J connectivity index is 2.62. The number of halogens is 1. The molecule has 0 aromatic heterocycles. The zero-order chi connectivity index (χ0) is 14.5. The molecule has 0 aliphatic carbocycles. The van der Waals surface area contributed by atoms with Gasteiger partial charge < -0.3 is 10.4 Å². The molecule has 19 heavy (non-hydrogen) atoms. The fraction of sp³-hybridized carbons (Fsp3) is 0.500. The molecule has 0 aliphatic heterocycles. The number of hydrogen-bond acceptors (Lipinski definition) is 3. The normalized spacial score (nSPS) is 11.4. The lowest BCUT2D eigenvalue weighted by Gasteiger charge is -2.24. The molecular weight excluding hydrogens is 326 g/mol. The number of aliphatic hydroxyl groups excluding tert-OH is 1. The van der Waals surface area contributed by atoms with Crippen LogP contribution in [0.5, 0.6) is 0 Å². The molecule has 1 aromatic rings. The molecule has 0 heterocycles. The van der Waals surface area contributed by atoms with Crippen LogP contribution in [0.4, 0.5) is 0 Å². The van der Waals surface area contributed by atoms with Crippen molar-refractivity contribution in [2.75, 3.05) is 13.2 Å². The third kappa shape index (κ3) is 5.55. The number of carbonyl (C=O) groups excluding carboxylic acids is 1. The van der Waals surface area contributed by atoms with Gasteiger partial charge in [-0.3, -0.25) is 4.79 Å². The van der Waals surface area contributed by atoms with Crippen molar-refractivity contribution < 1.29 is 9.90 Å². The molecule has 0 saturated carbocycles. The molecule has 106 valence electrons. The Morgan fingerprint density at radius 1 is 1.47 bits per heavy atom. The van der Waals surface area contributed by atoms with Crippen molar-refractivity contribution in [2.45, 2.75) is 31.6 Å². The van der Waals surface area contributed by atoms with Gasteiger partial charge >= 0.3 is 0 Å². The molecule has 0 bridgehead atoms. The van der Waals surface area contributed by atoms with Gasteiger partial charge in [-0.25, -0.2) is 0 Å². The second-order valence-corrected chi connectivity index (χ2v) is 6.71. The summed E-state index contributed by atoms with van der Waals surface area (Å²) < 4.78 is 0.760. The molecule has 0 saturated heterocycles. The van der Waals surface area contributed by atoms with Crippen LogP contribution >= 0.6 is 28.6 Å². The van der Waals surface area contributed by atoms with Crippen molar-refractivity contribution in [1.82, 2.24) is 5.32 Å². The van der Waals surface area contributed by atoms with Gasteiger partial charge in [0.25, 0.3) is 5.91 Å². The first-order valence-electron chi connectivity index (χ1n) is 6.23. The van der Waals surface area contributed by atoms with Crippen LogP contribution in [-0.4, -0.2) is 24.2 Å². The Morgan fingerprint density at radius 3 is 2.79 bits per heavy atom. The quantitative estimate of drug-likeness (QED) is 0.693. The van der Waals surface area contributed by atoms with Crippen LogP contribution in [0.15, 0.2) is 27.6 Å². The van der Waals surface area contributed by atoms with E-state index in [1.165, 1.54) is 0 Å². The summed E-state index contributed by atoms with van der Waals surface area (Å²) in [5, 5.41) is 11.8. The second kappa shape index (κ2) is 7.31. The van der Waals surface area contributed by atoms with Crippen molar-refractivity contribution >= 4 is 34.5 Å². The average Bonchev–Trinajstić information content (AvgIpc) is 2.36. The van der Waals surface area contributed by atoms with Crippen LogP contribution in [-0.2, 0) is 0 Å². The minimum Gasteiger partial charge on any atom is -0.396 e. The highest BCUT2D eigenvalue weighted by Crippen LogP contribution is 2.23. The number of amides is 1. The fourth-order valence-electron chi connectivity index (χ4n) is 1.75. The van der Waals surface area contributed by atoms with E-state index in [1.807, 2.05) is 12.1 Å². The lowest BCUT2D eigenvalue weighted by molar-refractivity contribution is 0.0932. The third-order valence-electron chi connectivity index (χ3n) is 2.93. The maximum Gasteiger partial charge on any atom is 0.252 e. The standard InChI is InChI=1S/C14H20BrNO2S/c1-14(2,6-3-7-17)9-16-13(18)11-8-10(19)4-5-12(11)15/h4-5,8,17,19H,3,6-7,9H2,1-2H3,(H,16,18). The predicted molar refractivity (Wildman–Crippen MR) is 83.8 cm³/mol. The van der Waals surface area contributed by atoms with Crippen LogP contribution in [0.3, 0.4) is 0 Å². The summed E-state index contributed by atoms with van der Waals surface area (Å²) in [6.07, 6.45) is 1.62. The largest absolute Gasteiger partial charge is 0.396 e. The van der Waals surface area contributed by atoms with Gasteiger partial charge in [0.1, 0.15) is 0 Å². The molecule has 2 N–H and O–H groups in total. The number of benzene rings is 1. The first kappa shape index (κ1) is 16.5. The summed E-state index contributed by atoms with van der Waals surface area (Å²) in [4.78, 5) is 12.9. The Kier molecular flexibility index (Phi) is 6.36. The van der Waals surface area contributed by atoms with Gasteiger partial charge in [0, 0.05) is 22.5 Å². The molecule has 0 unspecified atom stereocenters. The summed E-state index contributed by atoms with van der Waals surface area (Å²) in [5.74, 6) is -0.111. The predicted octanol–water partition coefficient (Wildman–Crippen LogP) is 3.27. The van der Waals surface area contributed by atoms with E-state index in [0.29, 0.717) is 12.1 Å². The number of nitrogens with one attached hydrogen (secondary N) is 1. The van der Waals surface area contributed by atoms with Crippen molar-refractivity contribution in [3.8, 4) is 0 Å². The van der Waals surface area contributed by atoms with Crippen molar-refractivity contribution in [3.63, 3.8) is 0 Å². The number of hydrogen-bond donors (Lipinski definition) is 3. The Bertz CT molecular complexity index is 449. The zero-order valence-electron chi connectivity index (χ0n) is 11.2. The van der Waals surface area contributed by atoms with Crippen LogP contribution in [0.1, 0.15) is 37.0 Å². The highest BCUT2D eigenvalue weighted by atomic mass is 79.9. The SMILES string of the molecule is CC(C)(CCCO)CNC(=O)c1cc(S)ccc1Br. The summed E-state index contributed by atoms with van der Waals surface area (Å²) >= 11 is 7.60. The Morgan fingerprint density at radius 2 is 2.16 bits per heavy atom. The molecule has 0 fully saturated rings. The maximum atomic E-state index is 12.1. The van der Waals surface area contributed by atoms with E-state index in [4.69, 9.17) is 5.11 Å². The van der Waals surface area contributed by atoms with Gasteiger partial charge in [-0.1, -0.05) is 13.8 Å². The number of aliphatic hydroxyl groups is 1. The zero-order valence-corrected chi connectivity index (χ0v) is 13.7. The van der Waals surface area contributed by atoms with Crippen molar-refractivity contribution in [2.24, 2.45) is 5.41 Å². The molecule has 0 aliphatic rings. The number of rotatable bonds is 6. The topological polar surface area (TPSA) is 49.3 Å². The van der Waals surface area contributed by atoms with E-state index >= 15 is 0 Å². The van der Waals surface area contributed by atoms with E-state index in [0.717, 1.165) is 22.2 Å². The Hall–Kier alpha value is -0.520. The minimum atomic E-state index is -0.111. The summed E-state index contributed by atoms with van der Waals surface area (Å²) in [6.45, 7) is 4.92. The van der Waals surface area contributed by atoms with Gasteiger partial charge in [-0.05, 0) is 52.4 Å². The van der Waals surface area contributed by atoms with E-state index in [9.17, 15) is 4.79 Å². The van der Waals surface area contributed by atoms with Gasteiger partial charge in [-0.2, -0.15) is 0 Å². The summed E-state index contributed by atoms with van der Waals surface area (Å²) in [5.41, 5.74) is 0.564. The van der Waals surface area contributed by atoms with Crippen LogP contribution in [0.25, 0.3) is 0 Å². The monoisotopic (exact) mass is 345 g/mol. The van der Waals surface area contributed by atoms with Gasteiger partial charge in [-0.15, -0.1) is 12.6 Å². The molecular formula is C14H20BrNO2S. The lowest BCUT2D eigenvalue weighted by atomic mass is 9.88. The van der Waals surface area contributed by atoms with Gasteiger partial charge in [0.05, 0.1) is 5.56 Å². The fourth-order valence-corrected chi connectivity index (χ4v) is 2.38. The molecule has 0 atom stereocenters. The van der Waals surface area contributed by atoms with Crippen LogP contribution in [0.2, 0.25) is 0 Å². The highest BCUT2D eigenvalue weighted by Gasteiger charge is 2.19. The van der Waals surface area contributed by atoms with E-state index in [2.05, 4.69) is 47.7 Å². The van der Waals surface area contributed by atoms with Crippen LogP contribution in [0, 0.1) is 5.41 Å². The number of carbonyl (C=O) groups is 1. The molecule has 1 rings (SSSR count). The molecule has 1 aromatic carbocycles. The first-order chi connectivity index (χ1) is 8.85. The maximum absolute atomic E-state index is 12.1. The summed E-state index contributed by atoms with van der Waals surface area (Å²) in [6, 6.07) is 5.38. The molecule has 0 spiro atoms. The second-order valence-electron chi connectivity index (χ2n) is 5.34. The first-order valence-corrected chi connectivity index (χ1v) is 7.47. The third-order valence-corrected chi connectivity index (χ3v) is 3.90. The Labute approximate surface area is 128 Å². The van der Waals surface area contributed by atoms with E-state index in [1.54, 1.807) is 6.07 Å². The highest BCUT2D eigenvalue weighted by molar-refractivity contribution is 9.10. The minimum absolute atomic E-state index is 0.0244. The van der Waals surface area contributed by atoms with Crippen molar-refractivity contribution in [3.05, 3.63) is 28.2 Å².